The van der Waals surface area contributed by atoms with Crippen LogP contribution in [0.4, 0.5) is 0 Å². The Bertz CT molecular complexity index is 450. The van der Waals surface area contributed by atoms with Gasteiger partial charge in [-0.1, -0.05) is 12.1 Å². The molecule has 5 nitrogen and oxygen atoms in total. The number of Topliss-reactive ketones (excluding diaryl/α,β-unsaturated/α-hetero) is 2. The summed E-state index contributed by atoms with van der Waals surface area (Å²) >= 11 is 0. The SMILES string of the molecule is COC(=O)C(=O)CC(=O)c1cccc(OC)c1. The molecular formula is C12H12O5. The number of benzene rings is 1. The number of carbonyl (C=O) groups excluding carboxylic acids is 3. The molecule has 5 heteroatoms. The van der Waals surface area contributed by atoms with E-state index < -0.39 is 24.0 Å². The first-order valence-corrected chi connectivity index (χ1v) is 4.87. The van der Waals surface area contributed by atoms with Crippen LogP contribution in [0.1, 0.15) is 16.8 Å². The van der Waals surface area contributed by atoms with Gasteiger partial charge >= 0.3 is 5.97 Å². The van der Waals surface area contributed by atoms with Crippen LogP contribution in [0.15, 0.2) is 24.3 Å². The van der Waals surface area contributed by atoms with Crippen molar-refractivity contribution in [2.75, 3.05) is 14.2 Å². The molecule has 0 aliphatic rings. The average Bonchev–Trinajstić information content (AvgIpc) is 2.37. The van der Waals surface area contributed by atoms with Crippen LogP contribution in [-0.4, -0.2) is 31.8 Å². The molecule has 0 heterocycles. The van der Waals surface area contributed by atoms with Crippen molar-refractivity contribution in [2.24, 2.45) is 0 Å². The monoisotopic (exact) mass is 236 g/mol. The van der Waals surface area contributed by atoms with E-state index in [-0.39, 0.29) is 0 Å². The fourth-order valence-corrected chi connectivity index (χ4v) is 1.23. The molecule has 0 aliphatic heterocycles. The predicted octanol–water partition coefficient (Wildman–Crippen LogP) is 1.01. The van der Waals surface area contributed by atoms with Crippen LogP contribution < -0.4 is 4.74 Å². The van der Waals surface area contributed by atoms with Crippen LogP contribution >= 0.6 is 0 Å². The van der Waals surface area contributed by atoms with Gasteiger partial charge in [-0.3, -0.25) is 9.59 Å². The molecule has 0 fully saturated rings. The second-order valence-electron chi connectivity index (χ2n) is 3.25. The van der Waals surface area contributed by atoms with E-state index in [1.807, 2.05) is 0 Å². The molecule has 0 bridgehead atoms. The molecule has 1 aromatic rings. The Balaban J connectivity index is 2.76. The molecule has 1 rings (SSSR count). The third-order valence-corrected chi connectivity index (χ3v) is 2.13. The van der Waals surface area contributed by atoms with Crippen LogP contribution in [-0.2, 0) is 14.3 Å². The summed E-state index contributed by atoms with van der Waals surface area (Å²) in [4.78, 5) is 33.7. The second kappa shape index (κ2) is 5.79. The molecule has 0 unspecified atom stereocenters. The van der Waals surface area contributed by atoms with E-state index >= 15 is 0 Å². The molecule has 0 radical (unpaired) electrons. The van der Waals surface area contributed by atoms with Gasteiger partial charge in [0.25, 0.3) is 0 Å². The van der Waals surface area contributed by atoms with Gasteiger partial charge in [0, 0.05) is 5.56 Å². The highest BCUT2D eigenvalue weighted by Gasteiger charge is 2.19. The Morgan fingerprint density at radius 3 is 2.47 bits per heavy atom. The lowest BCUT2D eigenvalue weighted by molar-refractivity contribution is -0.151. The number of ether oxygens (including phenoxy) is 2. The Hall–Kier alpha value is -2.17. The highest BCUT2D eigenvalue weighted by Crippen LogP contribution is 2.14. The van der Waals surface area contributed by atoms with Gasteiger partial charge < -0.3 is 9.47 Å². The zero-order valence-corrected chi connectivity index (χ0v) is 9.56. The van der Waals surface area contributed by atoms with Crippen molar-refractivity contribution < 1.29 is 23.9 Å². The van der Waals surface area contributed by atoms with Crippen LogP contribution in [0.2, 0.25) is 0 Å². The van der Waals surface area contributed by atoms with E-state index in [1.54, 1.807) is 18.2 Å². The van der Waals surface area contributed by atoms with Crippen LogP contribution in [0, 0.1) is 0 Å². The van der Waals surface area contributed by atoms with Crippen molar-refractivity contribution in [3.05, 3.63) is 29.8 Å². The maximum Gasteiger partial charge on any atom is 0.374 e. The third kappa shape index (κ3) is 3.41. The van der Waals surface area contributed by atoms with E-state index in [0.717, 1.165) is 7.11 Å². The van der Waals surface area contributed by atoms with Crippen molar-refractivity contribution >= 4 is 17.5 Å². The van der Waals surface area contributed by atoms with Gasteiger partial charge in [-0.15, -0.1) is 0 Å². The minimum Gasteiger partial charge on any atom is -0.497 e. The van der Waals surface area contributed by atoms with Crippen LogP contribution in [0.3, 0.4) is 0 Å². The van der Waals surface area contributed by atoms with Gasteiger partial charge in [-0.2, -0.15) is 0 Å². The molecule has 0 spiro atoms. The minimum atomic E-state index is -1.01. The van der Waals surface area contributed by atoms with Crippen LogP contribution in [0.5, 0.6) is 5.75 Å². The first-order chi connectivity index (χ1) is 8.08. The largest absolute Gasteiger partial charge is 0.497 e. The smallest absolute Gasteiger partial charge is 0.374 e. The highest BCUT2D eigenvalue weighted by molar-refractivity contribution is 6.38. The fourth-order valence-electron chi connectivity index (χ4n) is 1.23. The van der Waals surface area contributed by atoms with Crippen molar-refractivity contribution in [2.45, 2.75) is 6.42 Å². The molecule has 0 saturated carbocycles. The van der Waals surface area contributed by atoms with Gasteiger partial charge in [0.05, 0.1) is 20.6 Å². The molecule has 0 aromatic heterocycles. The summed E-state index contributed by atoms with van der Waals surface area (Å²) in [6.07, 6.45) is -0.500. The second-order valence-corrected chi connectivity index (χ2v) is 3.25. The number of esters is 1. The summed E-state index contributed by atoms with van der Waals surface area (Å²) in [7, 11) is 2.57. The molecule has 0 saturated heterocycles. The first kappa shape index (κ1) is 12.9. The maximum atomic E-state index is 11.7. The third-order valence-electron chi connectivity index (χ3n) is 2.13. The Morgan fingerprint density at radius 2 is 1.88 bits per heavy atom. The summed E-state index contributed by atoms with van der Waals surface area (Å²) in [6.45, 7) is 0. The zero-order chi connectivity index (χ0) is 12.8. The zero-order valence-electron chi connectivity index (χ0n) is 9.56. The van der Waals surface area contributed by atoms with E-state index in [2.05, 4.69) is 4.74 Å². The molecule has 0 atom stereocenters. The quantitative estimate of drug-likeness (QED) is 0.330. The Labute approximate surface area is 98.3 Å². The number of hydrogen-bond donors (Lipinski definition) is 0. The number of rotatable bonds is 5. The fraction of sp³-hybridized carbons (Fsp3) is 0.250. The first-order valence-electron chi connectivity index (χ1n) is 4.87. The predicted molar refractivity (Wildman–Crippen MR) is 59.0 cm³/mol. The van der Waals surface area contributed by atoms with E-state index in [0.29, 0.717) is 11.3 Å². The molecular weight excluding hydrogens is 224 g/mol. The standard InChI is InChI=1S/C12H12O5/c1-16-9-5-3-4-8(6-9)10(13)7-11(14)12(15)17-2/h3-6H,7H2,1-2H3. The molecule has 0 aliphatic carbocycles. The summed E-state index contributed by atoms with van der Waals surface area (Å²) in [5.74, 6) is -1.80. The number of carbonyl (C=O) groups is 3. The van der Waals surface area contributed by atoms with E-state index in [9.17, 15) is 14.4 Å². The van der Waals surface area contributed by atoms with Crippen LogP contribution in [0.25, 0.3) is 0 Å². The van der Waals surface area contributed by atoms with Crippen molar-refractivity contribution in [3.8, 4) is 5.75 Å². The van der Waals surface area contributed by atoms with Crippen molar-refractivity contribution in [1.82, 2.24) is 0 Å². The van der Waals surface area contributed by atoms with Crippen molar-refractivity contribution in [1.29, 1.82) is 0 Å². The molecule has 17 heavy (non-hydrogen) atoms. The lowest BCUT2D eigenvalue weighted by Crippen LogP contribution is -2.19. The van der Waals surface area contributed by atoms with Gasteiger partial charge in [0.2, 0.25) is 5.78 Å². The summed E-state index contributed by atoms with van der Waals surface area (Å²) in [5, 5.41) is 0. The molecule has 0 amide bonds. The topological polar surface area (TPSA) is 69.7 Å². The highest BCUT2D eigenvalue weighted by atomic mass is 16.5. The molecule has 1 aromatic carbocycles. The van der Waals surface area contributed by atoms with E-state index in [1.165, 1.54) is 13.2 Å². The average molecular weight is 236 g/mol. The van der Waals surface area contributed by atoms with Gasteiger partial charge in [-0.25, -0.2) is 4.79 Å². The summed E-state index contributed by atoms with van der Waals surface area (Å²) < 4.78 is 9.18. The lowest BCUT2D eigenvalue weighted by atomic mass is 10.1. The van der Waals surface area contributed by atoms with Gasteiger partial charge in [0.1, 0.15) is 5.75 Å². The van der Waals surface area contributed by atoms with Gasteiger partial charge in [0.15, 0.2) is 5.78 Å². The summed E-state index contributed by atoms with van der Waals surface area (Å²) in [5.41, 5.74) is 0.321. The number of ketones is 2. The van der Waals surface area contributed by atoms with Gasteiger partial charge in [-0.05, 0) is 12.1 Å². The number of methoxy groups -OCH3 is 2. The molecule has 90 valence electrons. The summed E-state index contributed by atoms with van der Waals surface area (Å²) in [6, 6.07) is 6.37. The maximum absolute atomic E-state index is 11.7. The van der Waals surface area contributed by atoms with Crippen molar-refractivity contribution in [3.63, 3.8) is 0 Å². The van der Waals surface area contributed by atoms with E-state index in [4.69, 9.17) is 4.74 Å². The normalized spacial score (nSPS) is 9.53. The Kier molecular flexibility index (Phi) is 4.39. The minimum absolute atomic E-state index is 0.321. The number of hydrogen-bond acceptors (Lipinski definition) is 5. The lowest BCUT2D eigenvalue weighted by Gasteiger charge is -2.03. The Morgan fingerprint density at radius 1 is 1.18 bits per heavy atom. The molecule has 0 N–H and O–H groups in total.